The molecular formula is C40H28N3OP. The molecule has 1 unspecified atom stereocenters. The third kappa shape index (κ3) is 3.64. The topological polar surface area (TPSA) is 47.8 Å². The Morgan fingerprint density at radius 1 is 0.644 bits per heavy atom. The first-order valence-corrected chi connectivity index (χ1v) is 17.0. The summed E-state index contributed by atoms with van der Waals surface area (Å²) in [6.45, 7) is 2.14. The predicted octanol–water partition coefficient (Wildman–Crippen LogP) is 8.58. The average Bonchev–Trinajstić information content (AvgIpc) is 3.49. The summed E-state index contributed by atoms with van der Waals surface area (Å²) in [5.41, 5.74) is 7.31. The van der Waals surface area contributed by atoms with Crippen LogP contribution >= 0.6 is 7.14 Å². The van der Waals surface area contributed by atoms with Crippen LogP contribution in [-0.4, -0.2) is 14.5 Å². The number of para-hydroxylation sites is 1. The number of benzene rings is 6. The molecule has 5 heteroatoms. The van der Waals surface area contributed by atoms with E-state index in [1.807, 2.05) is 67.0 Å². The van der Waals surface area contributed by atoms with Crippen molar-refractivity contribution >= 4 is 55.6 Å². The van der Waals surface area contributed by atoms with E-state index in [0.29, 0.717) is 0 Å². The van der Waals surface area contributed by atoms with Gasteiger partial charge in [0.1, 0.15) is 5.82 Å². The molecule has 0 bridgehead atoms. The van der Waals surface area contributed by atoms with E-state index in [9.17, 15) is 0 Å². The van der Waals surface area contributed by atoms with E-state index in [-0.39, 0.29) is 0 Å². The summed E-state index contributed by atoms with van der Waals surface area (Å²) in [6.07, 6.45) is 4.53. The van der Waals surface area contributed by atoms with Crippen LogP contribution in [0.2, 0.25) is 0 Å². The highest BCUT2D eigenvalue weighted by Crippen LogP contribution is 2.51. The number of imidazole rings is 1. The summed E-state index contributed by atoms with van der Waals surface area (Å²) in [5.74, 6) is 0.969. The molecule has 0 spiro atoms. The lowest BCUT2D eigenvalue weighted by Crippen LogP contribution is -2.33. The first kappa shape index (κ1) is 26.1. The molecule has 0 radical (unpaired) electrons. The van der Waals surface area contributed by atoms with Crippen LogP contribution in [0.1, 0.15) is 12.7 Å². The Morgan fingerprint density at radius 2 is 1.31 bits per heavy atom. The van der Waals surface area contributed by atoms with Gasteiger partial charge in [0.25, 0.3) is 0 Å². The lowest BCUT2D eigenvalue weighted by molar-refractivity contribution is 0.592. The first-order chi connectivity index (χ1) is 22.2. The standard InChI is InChI=1S/C40H28N3OP/c1-2-37-42-33-19-10-20-36-40(33)43(37)34-24-26(21-22-35(34)45(36,44)28-13-4-3-5-14-28)38-29-15-6-8-17-31(29)39(27-12-11-23-41-25-27)32-18-9-7-16-30(32)38/h3-25H,2H2,1H3. The van der Waals surface area contributed by atoms with E-state index in [1.54, 1.807) is 0 Å². The van der Waals surface area contributed by atoms with Crippen LogP contribution in [0.15, 0.2) is 140 Å². The van der Waals surface area contributed by atoms with E-state index in [2.05, 4.69) is 89.3 Å². The summed E-state index contributed by atoms with van der Waals surface area (Å²) < 4.78 is 17.9. The quantitative estimate of drug-likeness (QED) is 0.151. The molecule has 2 aromatic heterocycles. The van der Waals surface area contributed by atoms with Crippen molar-refractivity contribution in [2.75, 3.05) is 0 Å². The lowest BCUT2D eigenvalue weighted by atomic mass is 9.86. The van der Waals surface area contributed by atoms with Crippen LogP contribution in [0.4, 0.5) is 0 Å². The second kappa shape index (κ2) is 9.85. The molecule has 0 aliphatic carbocycles. The zero-order valence-corrected chi connectivity index (χ0v) is 25.6. The van der Waals surface area contributed by atoms with Gasteiger partial charge in [-0.2, -0.15) is 0 Å². The zero-order chi connectivity index (χ0) is 30.1. The van der Waals surface area contributed by atoms with Crippen molar-refractivity contribution in [3.05, 3.63) is 146 Å². The molecule has 0 saturated carbocycles. The second-order valence-corrected chi connectivity index (χ2v) is 14.3. The molecular weight excluding hydrogens is 569 g/mol. The number of aromatic nitrogens is 3. The van der Waals surface area contributed by atoms with Crippen LogP contribution in [0.25, 0.3) is 60.5 Å². The molecule has 1 aliphatic heterocycles. The largest absolute Gasteiger partial charge is 0.308 e. The Labute approximate surface area is 261 Å². The van der Waals surface area contributed by atoms with Crippen molar-refractivity contribution in [2.24, 2.45) is 0 Å². The van der Waals surface area contributed by atoms with Gasteiger partial charge in [-0.05, 0) is 68.6 Å². The van der Waals surface area contributed by atoms with Gasteiger partial charge in [0.2, 0.25) is 0 Å². The molecule has 8 aromatic rings. The highest BCUT2D eigenvalue weighted by atomic mass is 31.2. The van der Waals surface area contributed by atoms with Gasteiger partial charge >= 0.3 is 0 Å². The number of nitrogens with zero attached hydrogens (tertiary/aromatic N) is 3. The van der Waals surface area contributed by atoms with Gasteiger partial charge in [0.05, 0.1) is 16.7 Å². The summed E-state index contributed by atoms with van der Waals surface area (Å²) in [6, 6.07) is 44.0. The van der Waals surface area contributed by atoms with E-state index >= 15 is 4.57 Å². The van der Waals surface area contributed by atoms with Crippen molar-refractivity contribution in [1.82, 2.24) is 14.5 Å². The second-order valence-electron chi connectivity index (χ2n) is 11.6. The number of fused-ring (bicyclic) bond motifs is 4. The van der Waals surface area contributed by atoms with Crippen molar-refractivity contribution in [1.29, 1.82) is 0 Å². The van der Waals surface area contributed by atoms with Crippen molar-refractivity contribution < 1.29 is 4.57 Å². The molecule has 45 heavy (non-hydrogen) atoms. The fraction of sp³-hybridized carbons (Fsp3) is 0.0500. The van der Waals surface area contributed by atoms with Crippen LogP contribution in [0, 0.1) is 0 Å². The van der Waals surface area contributed by atoms with Crippen LogP contribution < -0.4 is 15.9 Å². The SMILES string of the molecule is CCc1nc2cccc3c2n1-c1cc(-c2c4ccccc4c(-c4cccnc4)c4ccccc24)ccc1P3(=O)c1ccccc1. The third-order valence-corrected chi connectivity index (χ3v) is 12.3. The van der Waals surface area contributed by atoms with Gasteiger partial charge in [0, 0.05) is 40.3 Å². The minimum absolute atomic E-state index is 0.763. The minimum atomic E-state index is -3.18. The molecule has 1 aliphatic rings. The Kier molecular flexibility index (Phi) is 5.72. The molecule has 0 fully saturated rings. The van der Waals surface area contributed by atoms with Gasteiger partial charge in [-0.1, -0.05) is 104 Å². The predicted molar refractivity (Wildman–Crippen MR) is 187 cm³/mol. The first-order valence-electron chi connectivity index (χ1n) is 15.3. The average molecular weight is 598 g/mol. The Bertz CT molecular complexity index is 2440. The highest BCUT2D eigenvalue weighted by molar-refractivity contribution is 7.86. The maximum Gasteiger partial charge on any atom is 0.175 e. The zero-order valence-electron chi connectivity index (χ0n) is 24.7. The number of hydrogen-bond acceptors (Lipinski definition) is 3. The Hall–Kier alpha value is -5.31. The van der Waals surface area contributed by atoms with Crippen molar-refractivity contribution in [2.45, 2.75) is 13.3 Å². The smallest absolute Gasteiger partial charge is 0.175 e. The van der Waals surface area contributed by atoms with E-state index in [4.69, 9.17) is 4.98 Å². The summed E-state index contributed by atoms with van der Waals surface area (Å²) in [5, 5.41) is 7.25. The van der Waals surface area contributed by atoms with E-state index in [1.165, 1.54) is 32.7 Å². The fourth-order valence-corrected chi connectivity index (χ4v) is 10.3. The highest BCUT2D eigenvalue weighted by Gasteiger charge is 2.39. The molecule has 0 N–H and O–H groups in total. The van der Waals surface area contributed by atoms with Gasteiger partial charge in [-0.25, -0.2) is 4.98 Å². The molecule has 9 rings (SSSR count). The Morgan fingerprint density at radius 3 is 1.96 bits per heavy atom. The lowest BCUT2D eigenvalue weighted by Gasteiger charge is -2.30. The third-order valence-electron chi connectivity index (χ3n) is 9.23. The molecule has 0 amide bonds. The van der Waals surface area contributed by atoms with Crippen LogP contribution in [0.3, 0.4) is 0 Å². The summed E-state index contributed by atoms with van der Waals surface area (Å²) in [4.78, 5) is 9.50. The normalized spacial score (nSPS) is 15.5. The number of aryl methyl sites for hydroxylation is 1. The number of rotatable bonds is 4. The molecule has 214 valence electrons. The minimum Gasteiger partial charge on any atom is -0.308 e. The molecule has 1 atom stereocenters. The van der Waals surface area contributed by atoms with Gasteiger partial charge in [-0.15, -0.1) is 0 Å². The number of hydrogen-bond donors (Lipinski definition) is 0. The fourth-order valence-electron chi connectivity index (χ4n) is 7.34. The molecule has 3 heterocycles. The van der Waals surface area contributed by atoms with E-state index in [0.717, 1.165) is 56.0 Å². The van der Waals surface area contributed by atoms with E-state index < -0.39 is 7.14 Å². The molecule has 6 aromatic carbocycles. The number of pyridine rings is 1. The Balaban J connectivity index is 1.41. The molecule has 0 saturated heterocycles. The monoisotopic (exact) mass is 597 g/mol. The van der Waals surface area contributed by atoms with Gasteiger partial charge < -0.3 is 4.57 Å². The van der Waals surface area contributed by atoms with Gasteiger partial charge in [-0.3, -0.25) is 9.55 Å². The molecule has 4 nitrogen and oxygen atoms in total. The van der Waals surface area contributed by atoms with Crippen LogP contribution in [-0.2, 0) is 11.0 Å². The maximum atomic E-state index is 15.6. The summed E-state index contributed by atoms with van der Waals surface area (Å²) in [7, 11) is -3.18. The summed E-state index contributed by atoms with van der Waals surface area (Å²) >= 11 is 0. The van der Waals surface area contributed by atoms with Gasteiger partial charge in [0.15, 0.2) is 7.14 Å². The maximum absolute atomic E-state index is 15.6. The van der Waals surface area contributed by atoms with Crippen LogP contribution in [0.5, 0.6) is 0 Å². The van der Waals surface area contributed by atoms with Crippen molar-refractivity contribution in [3.8, 4) is 27.9 Å². The van der Waals surface area contributed by atoms with Crippen molar-refractivity contribution in [3.63, 3.8) is 0 Å².